The first-order valence-electron chi connectivity index (χ1n) is 8.50. The molecule has 0 aromatic heterocycles. The summed E-state index contributed by atoms with van der Waals surface area (Å²) in [6.45, 7) is 3.26. The van der Waals surface area contributed by atoms with E-state index in [0.717, 1.165) is 47.8 Å². The van der Waals surface area contributed by atoms with Gasteiger partial charge in [-0.1, -0.05) is 12.1 Å². The molecule has 1 aliphatic heterocycles. The summed E-state index contributed by atoms with van der Waals surface area (Å²) in [7, 11) is 0. The summed E-state index contributed by atoms with van der Waals surface area (Å²) >= 11 is 1.73. The van der Waals surface area contributed by atoms with Gasteiger partial charge in [-0.3, -0.25) is 9.59 Å². The fourth-order valence-electron chi connectivity index (χ4n) is 2.85. The monoisotopic (exact) mass is 354 g/mol. The van der Waals surface area contributed by atoms with Crippen molar-refractivity contribution in [3.63, 3.8) is 0 Å². The molecule has 0 unspecified atom stereocenters. The minimum Gasteiger partial charge on any atom is -0.339 e. The number of hydrogen-bond donors (Lipinski definition) is 1. The Morgan fingerprint density at radius 3 is 2.24 bits per heavy atom. The molecule has 130 valence electrons. The Labute approximate surface area is 152 Å². The molecule has 0 bridgehead atoms. The van der Waals surface area contributed by atoms with E-state index in [9.17, 15) is 9.59 Å². The van der Waals surface area contributed by atoms with E-state index in [0.29, 0.717) is 0 Å². The molecule has 1 aliphatic rings. The Morgan fingerprint density at radius 2 is 1.64 bits per heavy atom. The molecule has 25 heavy (non-hydrogen) atoms. The number of rotatable bonds is 5. The van der Waals surface area contributed by atoms with Gasteiger partial charge in [0.2, 0.25) is 5.91 Å². The smallest absolute Gasteiger partial charge is 0.253 e. The third-order valence-corrected chi connectivity index (χ3v) is 5.26. The molecule has 0 atom stereocenters. The molecule has 5 heteroatoms. The van der Waals surface area contributed by atoms with E-state index in [2.05, 4.69) is 5.32 Å². The standard InChI is InChI=1S/C20H22N2O2S/c1-15(23)21-18-8-10-19(11-9-18)25-14-16-4-6-17(7-5-16)20(24)22-12-2-3-13-22/h4-11H,2-3,12-14H2,1H3,(H,21,23). The van der Waals surface area contributed by atoms with Crippen LogP contribution >= 0.6 is 11.8 Å². The molecule has 2 aromatic rings. The van der Waals surface area contributed by atoms with E-state index in [1.54, 1.807) is 11.8 Å². The largest absolute Gasteiger partial charge is 0.339 e. The molecule has 0 spiro atoms. The number of carbonyl (C=O) groups excluding carboxylic acids is 2. The summed E-state index contributed by atoms with van der Waals surface area (Å²) in [4.78, 5) is 26.4. The molecule has 1 heterocycles. The predicted molar refractivity (Wildman–Crippen MR) is 102 cm³/mol. The highest BCUT2D eigenvalue weighted by atomic mass is 32.2. The first-order valence-corrected chi connectivity index (χ1v) is 9.49. The van der Waals surface area contributed by atoms with Gasteiger partial charge in [0.05, 0.1) is 0 Å². The lowest BCUT2D eigenvalue weighted by atomic mass is 10.1. The molecule has 3 rings (SSSR count). The Morgan fingerprint density at radius 1 is 1.00 bits per heavy atom. The van der Waals surface area contributed by atoms with Crippen LogP contribution in [-0.2, 0) is 10.5 Å². The lowest BCUT2D eigenvalue weighted by molar-refractivity contribution is -0.114. The second kappa shape index (κ2) is 8.21. The van der Waals surface area contributed by atoms with Crippen molar-refractivity contribution in [3.8, 4) is 0 Å². The first kappa shape index (κ1) is 17.5. The van der Waals surface area contributed by atoms with Crippen LogP contribution in [0.1, 0.15) is 35.7 Å². The Bertz CT molecular complexity index is 735. The number of thioether (sulfide) groups is 1. The lowest BCUT2D eigenvalue weighted by Gasteiger charge is -2.15. The van der Waals surface area contributed by atoms with Crippen molar-refractivity contribution in [2.45, 2.75) is 30.4 Å². The van der Waals surface area contributed by atoms with Crippen LogP contribution in [0.25, 0.3) is 0 Å². The maximum absolute atomic E-state index is 12.3. The number of carbonyl (C=O) groups is 2. The fraction of sp³-hybridized carbons (Fsp3) is 0.300. The van der Waals surface area contributed by atoms with Gasteiger partial charge in [-0.25, -0.2) is 0 Å². The van der Waals surface area contributed by atoms with Crippen LogP contribution in [0.4, 0.5) is 5.69 Å². The summed E-state index contributed by atoms with van der Waals surface area (Å²) in [6, 6.07) is 15.7. The van der Waals surface area contributed by atoms with Gasteiger partial charge in [0.25, 0.3) is 5.91 Å². The van der Waals surface area contributed by atoms with E-state index in [4.69, 9.17) is 0 Å². The Hall–Kier alpha value is -2.27. The quantitative estimate of drug-likeness (QED) is 0.820. The average Bonchev–Trinajstić information content (AvgIpc) is 3.15. The van der Waals surface area contributed by atoms with Gasteiger partial charge < -0.3 is 10.2 Å². The summed E-state index contributed by atoms with van der Waals surface area (Å²) in [5.74, 6) is 0.923. The van der Waals surface area contributed by atoms with Gasteiger partial charge in [-0.05, 0) is 54.8 Å². The van der Waals surface area contributed by atoms with Gasteiger partial charge in [-0.15, -0.1) is 11.8 Å². The number of nitrogens with zero attached hydrogens (tertiary/aromatic N) is 1. The number of amides is 2. The first-order chi connectivity index (χ1) is 12.1. The molecular formula is C20H22N2O2S. The molecule has 1 saturated heterocycles. The van der Waals surface area contributed by atoms with Crippen molar-refractivity contribution >= 4 is 29.3 Å². The van der Waals surface area contributed by atoms with Crippen LogP contribution < -0.4 is 5.32 Å². The second-order valence-corrected chi connectivity index (χ2v) is 7.24. The van der Waals surface area contributed by atoms with Gasteiger partial charge in [0.1, 0.15) is 0 Å². The van der Waals surface area contributed by atoms with Gasteiger partial charge in [-0.2, -0.15) is 0 Å². The highest BCUT2D eigenvalue weighted by molar-refractivity contribution is 7.98. The number of likely N-dealkylation sites (tertiary alicyclic amines) is 1. The van der Waals surface area contributed by atoms with Crippen LogP contribution in [0, 0.1) is 0 Å². The third kappa shape index (κ3) is 4.86. The summed E-state index contributed by atoms with van der Waals surface area (Å²) < 4.78 is 0. The van der Waals surface area contributed by atoms with Crippen LogP contribution in [-0.4, -0.2) is 29.8 Å². The highest BCUT2D eigenvalue weighted by Gasteiger charge is 2.19. The van der Waals surface area contributed by atoms with E-state index >= 15 is 0 Å². The SMILES string of the molecule is CC(=O)Nc1ccc(SCc2ccc(C(=O)N3CCCC3)cc2)cc1. The van der Waals surface area contributed by atoms with E-state index < -0.39 is 0 Å². The molecule has 0 radical (unpaired) electrons. The maximum Gasteiger partial charge on any atom is 0.253 e. The van der Waals surface area contributed by atoms with Gasteiger partial charge in [0, 0.05) is 41.9 Å². The summed E-state index contributed by atoms with van der Waals surface area (Å²) in [5.41, 5.74) is 2.77. The van der Waals surface area contributed by atoms with Gasteiger partial charge in [0.15, 0.2) is 0 Å². The number of anilines is 1. The van der Waals surface area contributed by atoms with Crippen molar-refractivity contribution in [3.05, 3.63) is 59.7 Å². The van der Waals surface area contributed by atoms with E-state index in [1.165, 1.54) is 12.5 Å². The lowest BCUT2D eigenvalue weighted by Crippen LogP contribution is -2.27. The molecule has 1 fully saturated rings. The number of nitrogens with one attached hydrogen (secondary N) is 1. The Balaban J connectivity index is 1.54. The minimum atomic E-state index is -0.0658. The molecular weight excluding hydrogens is 332 g/mol. The molecule has 0 aliphatic carbocycles. The zero-order chi connectivity index (χ0) is 17.6. The van der Waals surface area contributed by atoms with Crippen molar-refractivity contribution < 1.29 is 9.59 Å². The van der Waals surface area contributed by atoms with Crippen molar-refractivity contribution in [2.24, 2.45) is 0 Å². The molecule has 4 nitrogen and oxygen atoms in total. The van der Waals surface area contributed by atoms with Crippen LogP contribution in [0.5, 0.6) is 0 Å². The molecule has 2 aromatic carbocycles. The summed E-state index contributed by atoms with van der Waals surface area (Å²) in [6.07, 6.45) is 2.22. The minimum absolute atomic E-state index is 0.0658. The van der Waals surface area contributed by atoms with Crippen LogP contribution in [0.15, 0.2) is 53.4 Å². The zero-order valence-electron chi connectivity index (χ0n) is 14.3. The molecule has 2 amide bonds. The van der Waals surface area contributed by atoms with Crippen LogP contribution in [0.2, 0.25) is 0 Å². The average molecular weight is 354 g/mol. The zero-order valence-corrected chi connectivity index (χ0v) is 15.1. The van der Waals surface area contributed by atoms with Crippen LogP contribution in [0.3, 0.4) is 0 Å². The third-order valence-electron chi connectivity index (χ3n) is 4.17. The fourth-order valence-corrected chi connectivity index (χ4v) is 3.71. The van der Waals surface area contributed by atoms with E-state index in [-0.39, 0.29) is 11.8 Å². The number of benzene rings is 2. The van der Waals surface area contributed by atoms with E-state index in [1.807, 2.05) is 53.4 Å². The van der Waals surface area contributed by atoms with Crippen molar-refractivity contribution in [1.29, 1.82) is 0 Å². The normalized spacial score (nSPS) is 13.7. The Kier molecular flexibility index (Phi) is 5.76. The predicted octanol–water partition coefficient (Wildman–Crippen LogP) is 4.17. The highest BCUT2D eigenvalue weighted by Crippen LogP contribution is 2.24. The summed E-state index contributed by atoms with van der Waals surface area (Å²) in [5, 5.41) is 2.76. The number of hydrogen-bond acceptors (Lipinski definition) is 3. The van der Waals surface area contributed by atoms with Gasteiger partial charge >= 0.3 is 0 Å². The van der Waals surface area contributed by atoms with Crippen molar-refractivity contribution in [2.75, 3.05) is 18.4 Å². The molecule has 0 saturated carbocycles. The second-order valence-electron chi connectivity index (χ2n) is 6.19. The maximum atomic E-state index is 12.3. The van der Waals surface area contributed by atoms with Crippen molar-refractivity contribution in [1.82, 2.24) is 4.90 Å². The topological polar surface area (TPSA) is 49.4 Å². The molecule has 1 N–H and O–H groups in total.